The van der Waals surface area contributed by atoms with Crippen molar-refractivity contribution < 1.29 is 4.42 Å². The summed E-state index contributed by atoms with van der Waals surface area (Å²) in [5, 5.41) is 1.94. The van der Waals surface area contributed by atoms with Crippen LogP contribution in [-0.4, -0.2) is 19.9 Å². The summed E-state index contributed by atoms with van der Waals surface area (Å²) in [6, 6.07) is 74.9. The van der Waals surface area contributed by atoms with Crippen LogP contribution in [0.4, 0.5) is 0 Å². The van der Waals surface area contributed by atoms with Gasteiger partial charge in [0, 0.05) is 38.8 Å². The minimum Gasteiger partial charge on any atom is -0.455 e. The van der Waals surface area contributed by atoms with Gasteiger partial charge < -0.3 is 4.42 Å². The SMILES string of the molecule is c1ccc(-c2cccc(-c3nc(-c4ccc(-c5c(-c6ccccc6)oc6c5c(-c5ccccc5)nc5ccccc56)cc4)nc(-c4cccc(-c5ccccc5)c4)n3)c2)cc1. The first-order chi connectivity index (χ1) is 30.2. The number of hydrogen-bond donors (Lipinski definition) is 0. The molecule has 61 heavy (non-hydrogen) atoms. The number of nitrogens with zero attached hydrogens (tertiary/aromatic N) is 4. The van der Waals surface area contributed by atoms with Gasteiger partial charge in [0.15, 0.2) is 17.5 Å². The van der Waals surface area contributed by atoms with Gasteiger partial charge in [0.2, 0.25) is 0 Å². The predicted octanol–water partition coefficient (Wildman–Crippen LogP) is 14.5. The maximum absolute atomic E-state index is 6.97. The Kier molecular flexibility index (Phi) is 9.10. The zero-order valence-electron chi connectivity index (χ0n) is 33.0. The van der Waals surface area contributed by atoms with Crippen LogP contribution in [-0.2, 0) is 0 Å². The summed E-state index contributed by atoms with van der Waals surface area (Å²) >= 11 is 0. The summed E-state index contributed by atoms with van der Waals surface area (Å²) < 4.78 is 6.97. The highest BCUT2D eigenvalue weighted by Crippen LogP contribution is 2.47. The molecule has 0 bridgehead atoms. The first-order valence-electron chi connectivity index (χ1n) is 20.4. The molecule has 0 aliphatic carbocycles. The number of para-hydroxylation sites is 1. The van der Waals surface area contributed by atoms with Gasteiger partial charge in [-0.05, 0) is 52.1 Å². The number of furan rings is 1. The van der Waals surface area contributed by atoms with E-state index in [9.17, 15) is 0 Å². The van der Waals surface area contributed by atoms with E-state index in [1.54, 1.807) is 0 Å². The van der Waals surface area contributed by atoms with Crippen molar-refractivity contribution in [3.8, 4) is 90.1 Å². The van der Waals surface area contributed by atoms with Crippen LogP contribution in [0.25, 0.3) is 112 Å². The normalized spacial score (nSPS) is 11.3. The van der Waals surface area contributed by atoms with Crippen LogP contribution in [0.5, 0.6) is 0 Å². The van der Waals surface area contributed by atoms with Gasteiger partial charge in [-0.3, -0.25) is 0 Å². The summed E-state index contributed by atoms with van der Waals surface area (Å²) in [6.45, 7) is 0. The Balaban J connectivity index is 1.09. The maximum atomic E-state index is 6.97. The lowest BCUT2D eigenvalue weighted by Gasteiger charge is -2.12. The van der Waals surface area contributed by atoms with Crippen molar-refractivity contribution in [2.45, 2.75) is 0 Å². The minimum absolute atomic E-state index is 0.583. The molecule has 0 unspecified atom stereocenters. The van der Waals surface area contributed by atoms with Gasteiger partial charge in [0.1, 0.15) is 11.3 Å². The average molecular weight is 781 g/mol. The van der Waals surface area contributed by atoms with Gasteiger partial charge in [-0.2, -0.15) is 0 Å². The molecule has 0 saturated heterocycles. The summed E-state index contributed by atoms with van der Waals surface area (Å²) in [5.74, 6) is 2.58. The molecule has 11 aromatic rings. The number of pyridine rings is 1. The molecule has 0 radical (unpaired) electrons. The van der Waals surface area contributed by atoms with Crippen molar-refractivity contribution in [3.05, 3.63) is 218 Å². The number of benzene rings is 8. The van der Waals surface area contributed by atoms with E-state index in [-0.39, 0.29) is 0 Å². The Labute approximate surface area is 353 Å². The second-order valence-corrected chi connectivity index (χ2v) is 15.0. The second-order valence-electron chi connectivity index (χ2n) is 15.0. The van der Waals surface area contributed by atoms with Gasteiger partial charge in [0.25, 0.3) is 0 Å². The summed E-state index contributed by atoms with van der Waals surface area (Å²) in [4.78, 5) is 20.7. The first-order valence-corrected chi connectivity index (χ1v) is 20.4. The van der Waals surface area contributed by atoms with Crippen molar-refractivity contribution in [2.24, 2.45) is 0 Å². The van der Waals surface area contributed by atoms with Crippen molar-refractivity contribution in [2.75, 3.05) is 0 Å². The molecule has 0 N–H and O–H groups in total. The standard InChI is InChI=1S/C56H36N4O/c1-5-17-37(18-6-1)43-25-15-27-45(35-43)55-58-54(59-56(60-55)46-28-16-26-44(36-46)38-19-7-2-8-20-38)42-33-31-39(32-34-42)49-50-51(40-21-9-3-10-22-40)57-48-30-14-13-29-47(48)53(50)61-52(49)41-23-11-4-12-24-41/h1-36H. The second kappa shape index (κ2) is 15.5. The van der Waals surface area contributed by atoms with Gasteiger partial charge in [0.05, 0.1) is 16.6 Å². The lowest BCUT2D eigenvalue weighted by atomic mass is 9.94. The van der Waals surface area contributed by atoms with E-state index in [1.165, 1.54) is 0 Å². The van der Waals surface area contributed by atoms with E-state index in [1.807, 2.05) is 54.6 Å². The fourth-order valence-corrected chi connectivity index (χ4v) is 8.15. The Bertz CT molecular complexity index is 3230. The highest BCUT2D eigenvalue weighted by atomic mass is 16.3. The molecule has 3 heterocycles. The maximum Gasteiger partial charge on any atom is 0.164 e. The molecule has 0 saturated carbocycles. The molecule has 11 rings (SSSR count). The van der Waals surface area contributed by atoms with Crippen LogP contribution in [0.15, 0.2) is 223 Å². The first kappa shape index (κ1) is 35.8. The monoisotopic (exact) mass is 780 g/mol. The highest BCUT2D eigenvalue weighted by molar-refractivity contribution is 6.16. The molecule has 8 aromatic carbocycles. The Morgan fingerprint density at radius 1 is 0.295 bits per heavy atom. The topological polar surface area (TPSA) is 64.7 Å². The fourth-order valence-electron chi connectivity index (χ4n) is 8.15. The third-order valence-corrected chi connectivity index (χ3v) is 11.1. The van der Waals surface area contributed by atoms with Crippen LogP contribution in [0.3, 0.4) is 0 Å². The molecule has 0 spiro atoms. The van der Waals surface area contributed by atoms with E-state index in [4.69, 9.17) is 24.4 Å². The average Bonchev–Trinajstić information content (AvgIpc) is 3.76. The number of rotatable bonds is 8. The third-order valence-electron chi connectivity index (χ3n) is 11.1. The molecule has 0 amide bonds. The zero-order chi connectivity index (χ0) is 40.5. The Hall–Kier alpha value is -8.28. The highest BCUT2D eigenvalue weighted by Gasteiger charge is 2.24. The largest absolute Gasteiger partial charge is 0.455 e. The van der Waals surface area contributed by atoms with Gasteiger partial charge in [-0.25, -0.2) is 19.9 Å². The molecule has 5 heteroatoms. The van der Waals surface area contributed by atoms with Crippen LogP contribution in [0, 0.1) is 0 Å². The molecule has 0 fully saturated rings. The summed E-state index contributed by atoms with van der Waals surface area (Å²) in [6.07, 6.45) is 0. The molecular weight excluding hydrogens is 745 g/mol. The van der Waals surface area contributed by atoms with Crippen molar-refractivity contribution in [1.29, 1.82) is 0 Å². The van der Waals surface area contributed by atoms with Crippen LogP contribution in [0.2, 0.25) is 0 Å². The summed E-state index contributed by atoms with van der Waals surface area (Å²) in [5.41, 5.74) is 13.7. The van der Waals surface area contributed by atoms with E-state index >= 15 is 0 Å². The quantitative estimate of drug-likeness (QED) is 0.154. The summed E-state index contributed by atoms with van der Waals surface area (Å²) in [7, 11) is 0. The van der Waals surface area contributed by atoms with E-state index in [0.717, 1.165) is 94.5 Å². The number of hydrogen-bond acceptors (Lipinski definition) is 5. The molecule has 0 aliphatic heterocycles. The minimum atomic E-state index is 0.583. The van der Waals surface area contributed by atoms with Gasteiger partial charge in [-0.15, -0.1) is 0 Å². The molecule has 0 atom stereocenters. The molecule has 3 aromatic heterocycles. The lowest BCUT2D eigenvalue weighted by Crippen LogP contribution is -2.00. The van der Waals surface area contributed by atoms with Crippen molar-refractivity contribution >= 4 is 21.9 Å². The number of fused-ring (bicyclic) bond motifs is 3. The Morgan fingerprint density at radius 3 is 1.28 bits per heavy atom. The smallest absolute Gasteiger partial charge is 0.164 e. The Morgan fingerprint density at radius 2 is 0.721 bits per heavy atom. The van der Waals surface area contributed by atoms with Crippen molar-refractivity contribution in [3.63, 3.8) is 0 Å². The third kappa shape index (κ3) is 6.84. The van der Waals surface area contributed by atoms with Gasteiger partial charge in [-0.1, -0.05) is 194 Å². The zero-order valence-corrected chi connectivity index (χ0v) is 33.0. The molecular formula is C56H36N4O. The molecule has 5 nitrogen and oxygen atoms in total. The van der Waals surface area contributed by atoms with E-state index in [2.05, 4.69) is 164 Å². The fraction of sp³-hybridized carbons (Fsp3) is 0. The number of aromatic nitrogens is 4. The van der Waals surface area contributed by atoms with Crippen LogP contribution in [0.1, 0.15) is 0 Å². The molecule has 286 valence electrons. The van der Waals surface area contributed by atoms with Crippen LogP contribution < -0.4 is 0 Å². The van der Waals surface area contributed by atoms with E-state index < -0.39 is 0 Å². The lowest BCUT2D eigenvalue weighted by molar-refractivity contribution is 0.636. The van der Waals surface area contributed by atoms with Gasteiger partial charge >= 0.3 is 0 Å². The van der Waals surface area contributed by atoms with Crippen LogP contribution >= 0.6 is 0 Å². The molecule has 0 aliphatic rings. The van der Waals surface area contributed by atoms with Crippen molar-refractivity contribution in [1.82, 2.24) is 19.9 Å². The van der Waals surface area contributed by atoms with E-state index in [0.29, 0.717) is 17.5 Å². The predicted molar refractivity (Wildman–Crippen MR) is 248 cm³/mol.